The number of hydrogen-bond acceptors (Lipinski definition) is 5. The Morgan fingerprint density at radius 2 is 1.88 bits per heavy atom. The number of nitro groups is 1. The number of allylic oxidation sites excluding steroid dienone is 2. The lowest BCUT2D eigenvalue weighted by Gasteiger charge is -2.30. The van der Waals surface area contributed by atoms with Gasteiger partial charge in [0.1, 0.15) is 12.2 Å². The predicted octanol–water partition coefficient (Wildman–Crippen LogP) is 2.18. The maximum atomic E-state index is 12.8. The number of sulfonamides is 1. The van der Waals surface area contributed by atoms with Crippen molar-refractivity contribution in [2.24, 2.45) is 5.92 Å². The van der Waals surface area contributed by atoms with Crippen molar-refractivity contribution in [2.75, 3.05) is 0 Å². The maximum absolute atomic E-state index is 12.8. The quantitative estimate of drug-likeness (QED) is 0.489. The molecule has 0 saturated heterocycles. The van der Waals surface area contributed by atoms with Gasteiger partial charge in [0.25, 0.3) is 5.54 Å². The van der Waals surface area contributed by atoms with Gasteiger partial charge >= 0.3 is 0 Å². The highest BCUT2D eigenvalue weighted by atomic mass is 32.2. The summed E-state index contributed by atoms with van der Waals surface area (Å²) in [6.07, 6.45) is 6.10. The van der Waals surface area contributed by atoms with Gasteiger partial charge in [0.15, 0.2) is 0 Å². The van der Waals surface area contributed by atoms with Crippen molar-refractivity contribution in [2.45, 2.75) is 36.7 Å². The maximum Gasteiger partial charge on any atom is 0.279 e. The summed E-state index contributed by atoms with van der Waals surface area (Å²) in [6.45, 7) is 5.02. The fourth-order valence-corrected chi connectivity index (χ4v) is 4.53. The molecule has 2 atom stereocenters. The third-order valence-electron chi connectivity index (χ3n) is 3.79. The molecule has 1 aromatic carbocycles. The van der Waals surface area contributed by atoms with Crippen LogP contribution in [0.2, 0.25) is 0 Å². The molecule has 0 aliphatic heterocycles. The predicted molar refractivity (Wildman–Crippen MR) is 93.0 cm³/mol. The van der Waals surface area contributed by atoms with Gasteiger partial charge in [-0.05, 0) is 32.9 Å². The molecule has 0 spiro atoms. The smallest absolute Gasteiger partial charge is 0.279 e. The first-order chi connectivity index (χ1) is 11.5. The zero-order valence-corrected chi connectivity index (χ0v) is 15.0. The van der Waals surface area contributed by atoms with E-state index in [1.54, 1.807) is 20.8 Å². The number of carbonyl (C=O) groups is 1. The number of aldehydes is 1. The third kappa shape index (κ3) is 3.54. The number of hydrogen-bond donors (Lipinski definition) is 1. The van der Waals surface area contributed by atoms with Crippen LogP contribution in [0.5, 0.6) is 0 Å². The molecule has 0 bridgehead atoms. The van der Waals surface area contributed by atoms with Gasteiger partial charge < -0.3 is 4.79 Å². The summed E-state index contributed by atoms with van der Waals surface area (Å²) in [7, 11) is -4.03. The number of nitrogens with one attached hydrogen (secondary N) is 1. The summed E-state index contributed by atoms with van der Waals surface area (Å²) in [5.74, 6) is -1.11. The van der Waals surface area contributed by atoms with E-state index in [2.05, 4.69) is 4.72 Å². The molecule has 0 radical (unpaired) electrons. The first-order valence-corrected chi connectivity index (χ1v) is 9.12. The summed E-state index contributed by atoms with van der Waals surface area (Å²) < 4.78 is 28.1. The van der Waals surface area contributed by atoms with Crippen LogP contribution < -0.4 is 4.72 Å². The topological polar surface area (TPSA) is 106 Å². The highest BCUT2D eigenvalue weighted by Crippen LogP contribution is 2.40. The summed E-state index contributed by atoms with van der Waals surface area (Å²) in [5, 5.41) is 12.0. The van der Waals surface area contributed by atoms with Gasteiger partial charge in [-0.25, -0.2) is 13.1 Å². The highest BCUT2D eigenvalue weighted by Gasteiger charge is 2.52. The fourth-order valence-electron chi connectivity index (χ4n) is 2.83. The van der Waals surface area contributed by atoms with Crippen molar-refractivity contribution < 1.29 is 18.1 Å². The van der Waals surface area contributed by atoms with E-state index < -0.39 is 31.9 Å². The van der Waals surface area contributed by atoms with Crippen LogP contribution >= 0.6 is 0 Å². The molecule has 7 nitrogen and oxygen atoms in total. The van der Waals surface area contributed by atoms with Crippen molar-refractivity contribution in [1.29, 1.82) is 0 Å². The molecule has 0 aromatic heterocycles. The van der Waals surface area contributed by atoms with Gasteiger partial charge in [0.05, 0.1) is 10.5 Å². The van der Waals surface area contributed by atoms with Gasteiger partial charge in [-0.1, -0.05) is 36.4 Å². The SMILES string of the molecule is CC(C)(C)NS(=O)(=O)c1ccccc1C1([N+](=O)[O-])C=CC=CC1C=O. The summed E-state index contributed by atoms with van der Waals surface area (Å²) in [6, 6.07) is 5.69. The molecule has 1 aliphatic carbocycles. The van der Waals surface area contributed by atoms with Crippen LogP contribution in [0, 0.1) is 16.0 Å². The minimum absolute atomic E-state index is 0.0468. The van der Waals surface area contributed by atoms with Crippen molar-refractivity contribution in [3.63, 3.8) is 0 Å². The Kier molecular flexibility index (Phi) is 4.97. The first-order valence-electron chi connectivity index (χ1n) is 7.64. The summed E-state index contributed by atoms with van der Waals surface area (Å²) in [5.41, 5.74) is -2.78. The first kappa shape index (κ1) is 19.0. The molecule has 1 aromatic rings. The fraction of sp³-hybridized carbons (Fsp3) is 0.353. The van der Waals surface area contributed by atoms with Crippen LogP contribution in [0.3, 0.4) is 0 Å². The summed E-state index contributed by atoms with van der Waals surface area (Å²) in [4.78, 5) is 22.6. The molecule has 2 rings (SSSR count). The van der Waals surface area contributed by atoms with Crippen molar-refractivity contribution in [3.8, 4) is 0 Å². The zero-order valence-electron chi connectivity index (χ0n) is 14.2. The van der Waals surface area contributed by atoms with E-state index in [0.717, 1.165) is 0 Å². The van der Waals surface area contributed by atoms with E-state index in [1.807, 2.05) is 0 Å². The van der Waals surface area contributed by atoms with E-state index in [4.69, 9.17) is 0 Å². The second-order valence-electron chi connectivity index (χ2n) is 6.84. The van der Waals surface area contributed by atoms with Gasteiger partial charge in [-0.2, -0.15) is 0 Å². The number of benzene rings is 1. The Bertz CT molecular complexity index is 852. The minimum Gasteiger partial charge on any atom is -0.302 e. The van der Waals surface area contributed by atoms with Gasteiger partial charge in [-0.3, -0.25) is 10.1 Å². The molecule has 1 aliphatic rings. The third-order valence-corrected chi connectivity index (χ3v) is 5.60. The number of nitrogens with zero attached hydrogens (tertiary/aromatic N) is 1. The minimum atomic E-state index is -4.03. The Morgan fingerprint density at radius 1 is 1.24 bits per heavy atom. The molecule has 0 heterocycles. The van der Waals surface area contributed by atoms with Crippen LogP contribution in [-0.2, 0) is 20.4 Å². The lowest BCUT2D eigenvalue weighted by molar-refractivity contribution is -0.569. The van der Waals surface area contributed by atoms with Crippen LogP contribution in [-0.4, -0.2) is 25.2 Å². The molecule has 2 unspecified atom stereocenters. The normalized spacial score (nSPS) is 23.4. The lowest BCUT2D eigenvalue weighted by atomic mass is 9.76. The van der Waals surface area contributed by atoms with Crippen LogP contribution in [0.1, 0.15) is 26.3 Å². The highest BCUT2D eigenvalue weighted by molar-refractivity contribution is 7.89. The van der Waals surface area contributed by atoms with E-state index in [1.165, 1.54) is 48.6 Å². The second kappa shape index (κ2) is 6.53. The number of carbonyl (C=O) groups excluding carboxylic acids is 1. The largest absolute Gasteiger partial charge is 0.302 e. The van der Waals surface area contributed by atoms with E-state index in [-0.39, 0.29) is 10.5 Å². The summed E-state index contributed by atoms with van der Waals surface area (Å²) >= 11 is 0. The average Bonchev–Trinajstić information content (AvgIpc) is 2.52. The van der Waals surface area contributed by atoms with Crippen LogP contribution in [0.15, 0.2) is 53.5 Å². The van der Waals surface area contributed by atoms with E-state index in [9.17, 15) is 23.3 Å². The van der Waals surface area contributed by atoms with Crippen LogP contribution in [0.4, 0.5) is 0 Å². The van der Waals surface area contributed by atoms with Gasteiger partial charge in [0, 0.05) is 10.5 Å². The molecular formula is C17H20N2O5S. The molecule has 8 heteroatoms. The standard InChI is InChI=1S/C17H20N2O5S/c1-16(2,3)18-25(23,24)15-10-5-4-9-14(15)17(19(21)22)11-7-6-8-13(17)12-20/h4-13,18H,1-3H3. The monoisotopic (exact) mass is 364 g/mol. The molecule has 0 saturated carbocycles. The van der Waals surface area contributed by atoms with E-state index >= 15 is 0 Å². The molecule has 25 heavy (non-hydrogen) atoms. The van der Waals surface area contributed by atoms with Gasteiger partial charge in [-0.15, -0.1) is 0 Å². The van der Waals surface area contributed by atoms with Crippen molar-refractivity contribution >= 4 is 16.3 Å². The number of rotatable bonds is 5. The van der Waals surface area contributed by atoms with E-state index in [0.29, 0.717) is 6.29 Å². The van der Waals surface area contributed by atoms with Crippen molar-refractivity contribution in [1.82, 2.24) is 4.72 Å². The Hall–Kier alpha value is -2.32. The molecule has 0 amide bonds. The average molecular weight is 364 g/mol. The Balaban J connectivity index is 2.75. The molecular weight excluding hydrogens is 344 g/mol. The second-order valence-corrected chi connectivity index (χ2v) is 8.49. The Labute approximate surface area is 146 Å². The molecule has 0 fully saturated rings. The van der Waals surface area contributed by atoms with Crippen molar-refractivity contribution in [3.05, 3.63) is 64.2 Å². The van der Waals surface area contributed by atoms with Crippen LogP contribution in [0.25, 0.3) is 0 Å². The Morgan fingerprint density at radius 3 is 2.44 bits per heavy atom. The lowest BCUT2D eigenvalue weighted by Crippen LogP contribution is -2.45. The van der Waals surface area contributed by atoms with Gasteiger partial charge in [0.2, 0.25) is 10.0 Å². The molecule has 134 valence electrons. The zero-order chi connectivity index (χ0) is 18.9. The molecule has 1 N–H and O–H groups in total.